The van der Waals surface area contributed by atoms with Crippen molar-refractivity contribution in [1.82, 2.24) is 5.32 Å². The molecule has 3 nitrogen and oxygen atoms in total. The summed E-state index contributed by atoms with van der Waals surface area (Å²) < 4.78 is 0.624. The number of aliphatic carboxylic acids is 1. The second kappa shape index (κ2) is 34.9. The van der Waals surface area contributed by atoms with E-state index in [1.165, 1.54) is 186 Å². The molecule has 0 bridgehead atoms. The van der Waals surface area contributed by atoms with Crippen LogP contribution in [0, 0.1) is 0 Å². The van der Waals surface area contributed by atoms with Gasteiger partial charge in [-0.3, -0.25) is 4.79 Å². The number of nitrogens with one attached hydrogen (secondary N) is 1. The Bertz CT molecular complexity index is 484. The van der Waals surface area contributed by atoms with E-state index in [1.807, 2.05) is 0 Å². The molecule has 0 saturated heterocycles. The van der Waals surface area contributed by atoms with Gasteiger partial charge in [-0.2, -0.15) is 0 Å². The fraction of sp³-hybridized carbons (Fsp3) is 0.943. The molecule has 0 amide bonds. The number of hydrogen-bond acceptors (Lipinski definition) is 2. The zero-order valence-corrected chi connectivity index (χ0v) is 28.3. The first-order chi connectivity index (χ1) is 19.6. The molecule has 0 aliphatic carbocycles. The fourth-order valence-electron chi connectivity index (χ4n) is 5.72. The number of carboxylic acid groups (broad SMARTS) is 1. The summed E-state index contributed by atoms with van der Waals surface area (Å²) in [4.78, 5) is 10.5. The zero-order chi connectivity index (χ0) is 29.2. The van der Waals surface area contributed by atoms with Crippen molar-refractivity contribution in [2.45, 2.75) is 205 Å². The van der Waals surface area contributed by atoms with Crippen molar-refractivity contribution in [1.29, 1.82) is 0 Å². The highest BCUT2D eigenvalue weighted by Gasteiger charge is 1.98. The van der Waals surface area contributed by atoms with Gasteiger partial charge in [0, 0.05) is 13.0 Å². The number of thiol groups is 1. The Morgan fingerprint density at radius 3 is 0.825 bits per heavy atom. The molecule has 0 unspecified atom stereocenters. The van der Waals surface area contributed by atoms with E-state index >= 15 is 0 Å². The van der Waals surface area contributed by atoms with Gasteiger partial charge in [0.15, 0.2) is 0 Å². The predicted octanol–water partition coefficient (Wildman–Crippen LogP) is 12.4. The highest BCUT2D eigenvalue weighted by atomic mass is 32.1. The van der Waals surface area contributed by atoms with Crippen molar-refractivity contribution in [2.24, 2.45) is 0 Å². The largest absolute Gasteiger partial charge is 0.481 e. The topological polar surface area (TPSA) is 49.3 Å². The van der Waals surface area contributed by atoms with Crippen molar-refractivity contribution in [3.8, 4) is 0 Å². The van der Waals surface area contributed by atoms with Gasteiger partial charge in [-0.05, 0) is 12.8 Å². The van der Waals surface area contributed by atoms with Crippen LogP contribution in [0.1, 0.15) is 205 Å². The van der Waals surface area contributed by atoms with Crippen LogP contribution >= 0.6 is 24.8 Å². The Hall–Kier alpha value is -0.290. The number of carbonyl (C=O) groups is 1. The van der Waals surface area contributed by atoms with Gasteiger partial charge in [-0.1, -0.05) is 198 Å². The summed E-state index contributed by atoms with van der Waals surface area (Å²) in [5, 5.41) is 11.7. The minimum absolute atomic E-state index is 0.343. The van der Waals surface area contributed by atoms with Gasteiger partial charge < -0.3 is 10.4 Å². The Morgan fingerprint density at radius 2 is 0.625 bits per heavy atom. The standard InChI is InChI=1S/C35H69NO2S2/c37-34(38)32-30-28-26-24-22-20-18-16-14-12-10-8-6-4-2-1-3-5-7-9-11-13-15-17-19-21-23-25-27-29-31-33-36-35(39)40/h1-33H2,(H,37,38)(H2,36,39,40). The second-order valence-electron chi connectivity index (χ2n) is 12.3. The van der Waals surface area contributed by atoms with Crippen molar-refractivity contribution < 1.29 is 9.90 Å². The van der Waals surface area contributed by atoms with E-state index in [9.17, 15) is 4.79 Å². The van der Waals surface area contributed by atoms with Crippen LogP contribution in [0.2, 0.25) is 0 Å². The molecule has 238 valence electrons. The first-order valence-electron chi connectivity index (χ1n) is 17.8. The van der Waals surface area contributed by atoms with E-state index in [2.05, 4.69) is 17.9 Å². The third-order valence-corrected chi connectivity index (χ3v) is 8.65. The first-order valence-corrected chi connectivity index (χ1v) is 18.7. The smallest absolute Gasteiger partial charge is 0.303 e. The molecule has 0 radical (unpaired) electrons. The van der Waals surface area contributed by atoms with Crippen LogP contribution in [-0.2, 0) is 4.79 Å². The molecular weight excluding hydrogens is 531 g/mol. The van der Waals surface area contributed by atoms with Gasteiger partial charge >= 0.3 is 5.97 Å². The lowest BCUT2D eigenvalue weighted by Crippen LogP contribution is -2.17. The Morgan fingerprint density at radius 1 is 0.425 bits per heavy atom. The normalized spacial score (nSPS) is 11.2. The van der Waals surface area contributed by atoms with Crippen molar-refractivity contribution in [2.75, 3.05) is 6.54 Å². The molecule has 0 aliphatic rings. The molecule has 2 N–H and O–H groups in total. The van der Waals surface area contributed by atoms with E-state index in [0.717, 1.165) is 19.4 Å². The van der Waals surface area contributed by atoms with Gasteiger partial charge in [-0.25, -0.2) is 0 Å². The first kappa shape index (κ1) is 39.7. The molecule has 0 saturated carbocycles. The Balaban J connectivity index is 3.04. The molecule has 0 aromatic carbocycles. The third kappa shape index (κ3) is 37.7. The van der Waals surface area contributed by atoms with E-state index in [1.54, 1.807) is 0 Å². The number of thiocarbonyl (C=S) groups is 1. The maximum Gasteiger partial charge on any atom is 0.303 e. The van der Waals surface area contributed by atoms with E-state index in [-0.39, 0.29) is 0 Å². The molecule has 5 heteroatoms. The highest BCUT2D eigenvalue weighted by molar-refractivity contribution is 8.11. The average Bonchev–Trinajstić information content (AvgIpc) is 2.93. The van der Waals surface area contributed by atoms with Crippen LogP contribution in [0.4, 0.5) is 0 Å². The SMILES string of the molecule is O=C(O)CCCCCCCCCCCCCCCCCCCCCCCCCCCCCCCCCNC(=S)S. The summed E-state index contributed by atoms with van der Waals surface area (Å²) in [6.45, 7) is 0.980. The molecule has 40 heavy (non-hydrogen) atoms. The van der Waals surface area contributed by atoms with E-state index < -0.39 is 5.97 Å². The summed E-state index contributed by atoms with van der Waals surface area (Å²) in [5.41, 5.74) is 0. The molecule has 0 aromatic rings. The quantitative estimate of drug-likeness (QED) is 0.0391. The predicted molar refractivity (Wildman–Crippen MR) is 185 cm³/mol. The van der Waals surface area contributed by atoms with Gasteiger partial charge in [0.1, 0.15) is 4.32 Å². The molecule has 0 heterocycles. The van der Waals surface area contributed by atoms with Crippen LogP contribution in [0.5, 0.6) is 0 Å². The molecular formula is C35H69NO2S2. The highest BCUT2D eigenvalue weighted by Crippen LogP contribution is 2.16. The maximum absolute atomic E-state index is 10.5. The third-order valence-electron chi connectivity index (χ3n) is 8.34. The summed E-state index contributed by atoms with van der Waals surface area (Å²) in [7, 11) is 0. The van der Waals surface area contributed by atoms with E-state index in [0.29, 0.717) is 10.7 Å². The molecule has 0 rings (SSSR count). The van der Waals surface area contributed by atoms with Crippen LogP contribution in [0.25, 0.3) is 0 Å². The van der Waals surface area contributed by atoms with Crippen LogP contribution < -0.4 is 5.32 Å². The number of carboxylic acids is 1. The second-order valence-corrected chi connectivity index (χ2v) is 13.5. The van der Waals surface area contributed by atoms with Crippen LogP contribution in [0.15, 0.2) is 0 Å². The Labute approximate surface area is 261 Å². The van der Waals surface area contributed by atoms with Crippen molar-refractivity contribution in [3.63, 3.8) is 0 Å². The minimum atomic E-state index is -0.651. The molecule has 0 aliphatic heterocycles. The monoisotopic (exact) mass is 599 g/mol. The Kier molecular flexibility index (Phi) is 34.7. The summed E-state index contributed by atoms with van der Waals surface area (Å²) in [6.07, 6.45) is 43.1. The lowest BCUT2D eigenvalue weighted by molar-refractivity contribution is -0.137. The number of rotatable bonds is 34. The summed E-state index contributed by atoms with van der Waals surface area (Å²) in [6, 6.07) is 0. The number of unbranched alkanes of at least 4 members (excludes halogenated alkanes) is 30. The summed E-state index contributed by atoms with van der Waals surface area (Å²) >= 11 is 8.98. The lowest BCUT2D eigenvalue weighted by atomic mass is 10.0. The van der Waals surface area contributed by atoms with Crippen molar-refractivity contribution >= 4 is 35.1 Å². The van der Waals surface area contributed by atoms with Gasteiger partial charge in [0.25, 0.3) is 0 Å². The van der Waals surface area contributed by atoms with Crippen LogP contribution in [0.3, 0.4) is 0 Å². The van der Waals surface area contributed by atoms with Crippen molar-refractivity contribution in [3.05, 3.63) is 0 Å². The average molecular weight is 600 g/mol. The lowest BCUT2D eigenvalue weighted by Gasteiger charge is -2.05. The van der Waals surface area contributed by atoms with Gasteiger partial charge in [-0.15, -0.1) is 12.6 Å². The van der Waals surface area contributed by atoms with Gasteiger partial charge in [0.2, 0.25) is 0 Å². The molecule has 0 fully saturated rings. The zero-order valence-electron chi connectivity index (χ0n) is 26.5. The molecule has 0 spiro atoms. The minimum Gasteiger partial charge on any atom is -0.481 e. The van der Waals surface area contributed by atoms with Crippen LogP contribution in [-0.4, -0.2) is 21.9 Å². The van der Waals surface area contributed by atoms with E-state index in [4.69, 9.17) is 17.3 Å². The van der Waals surface area contributed by atoms with Gasteiger partial charge in [0.05, 0.1) is 0 Å². The fourth-order valence-corrected chi connectivity index (χ4v) is 5.94. The maximum atomic E-state index is 10.5. The summed E-state index contributed by atoms with van der Waals surface area (Å²) in [5.74, 6) is -0.651. The number of hydrogen-bond donors (Lipinski definition) is 3. The molecule has 0 aromatic heterocycles. The molecule has 0 atom stereocenters.